The number of β-amino-alcohol motifs (C(OH)–C–C–N with tert-alkyl or cyclic N) is 1. The van der Waals surface area contributed by atoms with Crippen LogP contribution in [-0.2, 0) is 4.74 Å². The number of hydrogen-bond donors (Lipinski definition) is 1. The van der Waals surface area contributed by atoms with Gasteiger partial charge in [-0.25, -0.2) is 0 Å². The molecule has 0 aliphatic carbocycles. The van der Waals surface area contributed by atoms with Gasteiger partial charge in [0.25, 0.3) is 0 Å². The first kappa shape index (κ1) is 19.0. The van der Waals surface area contributed by atoms with Gasteiger partial charge in [-0.2, -0.15) is 0 Å². The van der Waals surface area contributed by atoms with E-state index in [4.69, 9.17) is 14.2 Å². The van der Waals surface area contributed by atoms with E-state index in [9.17, 15) is 5.11 Å². The number of piperazine rings is 1. The molecule has 1 fully saturated rings. The number of ether oxygens (including phenoxy) is 3. The predicted molar refractivity (Wildman–Crippen MR) is 93.9 cm³/mol. The smallest absolute Gasteiger partial charge is 0.124 e. The maximum Gasteiger partial charge on any atom is 0.124 e. The van der Waals surface area contributed by atoms with Gasteiger partial charge in [0.15, 0.2) is 0 Å². The summed E-state index contributed by atoms with van der Waals surface area (Å²) < 4.78 is 15.8. The molecule has 24 heavy (non-hydrogen) atoms. The first-order valence-corrected chi connectivity index (χ1v) is 8.44. The van der Waals surface area contributed by atoms with E-state index in [-0.39, 0.29) is 0 Å². The minimum absolute atomic E-state index is 0.452. The molecule has 1 aliphatic heterocycles. The van der Waals surface area contributed by atoms with Crippen LogP contribution in [0, 0.1) is 0 Å². The van der Waals surface area contributed by atoms with Gasteiger partial charge >= 0.3 is 0 Å². The number of hydrogen-bond acceptors (Lipinski definition) is 6. The van der Waals surface area contributed by atoms with E-state index >= 15 is 0 Å². The van der Waals surface area contributed by atoms with Crippen LogP contribution >= 0.6 is 0 Å². The third kappa shape index (κ3) is 4.83. The largest absolute Gasteiger partial charge is 0.497 e. The molecule has 1 aromatic carbocycles. The summed E-state index contributed by atoms with van der Waals surface area (Å²) in [6.07, 6.45) is -0.604. The van der Waals surface area contributed by atoms with Crippen molar-refractivity contribution in [2.75, 3.05) is 60.7 Å². The summed E-state index contributed by atoms with van der Waals surface area (Å²) in [6.45, 7) is 7.40. The Balaban J connectivity index is 1.96. The van der Waals surface area contributed by atoms with E-state index in [0.29, 0.717) is 18.3 Å². The summed E-state index contributed by atoms with van der Waals surface area (Å²) in [7, 11) is 4.98. The second-order valence-corrected chi connectivity index (χ2v) is 6.26. The minimum atomic E-state index is -0.604. The van der Waals surface area contributed by atoms with Crippen LogP contribution in [0.3, 0.4) is 0 Å². The normalized spacial score (nSPS) is 20.8. The second-order valence-electron chi connectivity index (χ2n) is 6.26. The summed E-state index contributed by atoms with van der Waals surface area (Å²) in [5.41, 5.74) is 0.770. The van der Waals surface area contributed by atoms with Gasteiger partial charge in [0.2, 0.25) is 0 Å². The molecule has 1 N–H and O–H groups in total. The third-order valence-corrected chi connectivity index (χ3v) is 4.66. The monoisotopic (exact) mass is 338 g/mol. The number of methoxy groups -OCH3 is 3. The molecule has 2 rings (SSSR count). The molecule has 0 aromatic heterocycles. The molecule has 0 bridgehead atoms. The maximum atomic E-state index is 10.7. The molecule has 0 amide bonds. The molecule has 0 saturated carbocycles. The molecule has 6 heteroatoms. The third-order valence-electron chi connectivity index (χ3n) is 4.66. The number of rotatable bonds is 8. The predicted octanol–water partition coefficient (Wildman–Crippen LogP) is 1.39. The Kier molecular flexibility index (Phi) is 7.30. The van der Waals surface area contributed by atoms with E-state index in [1.807, 2.05) is 18.2 Å². The summed E-state index contributed by atoms with van der Waals surface area (Å²) >= 11 is 0. The zero-order chi connectivity index (χ0) is 17.5. The molecule has 2 atom stereocenters. The van der Waals surface area contributed by atoms with Gasteiger partial charge in [0.05, 0.1) is 26.9 Å². The van der Waals surface area contributed by atoms with Gasteiger partial charge in [-0.1, -0.05) is 0 Å². The first-order chi connectivity index (χ1) is 11.6. The minimum Gasteiger partial charge on any atom is -0.497 e. The Morgan fingerprint density at radius 3 is 2.62 bits per heavy atom. The molecule has 0 spiro atoms. The Bertz CT molecular complexity index is 512. The molecular formula is C18H30N2O4. The fourth-order valence-electron chi connectivity index (χ4n) is 3.22. The number of benzene rings is 1. The fourth-order valence-corrected chi connectivity index (χ4v) is 3.22. The number of aliphatic hydroxyl groups excluding tert-OH is 1. The Morgan fingerprint density at radius 2 is 2.00 bits per heavy atom. The lowest BCUT2D eigenvalue weighted by Crippen LogP contribution is -2.53. The van der Waals surface area contributed by atoms with Crippen LogP contribution in [0.2, 0.25) is 0 Å². The van der Waals surface area contributed by atoms with Crippen LogP contribution in [0.1, 0.15) is 18.6 Å². The molecule has 136 valence electrons. The van der Waals surface area contributed by atoms with E-state index in [2.05, 4.69) is 16.7 Å². The molecule has 0 unspecified atom stereocenters. The standard InChI is InChI=1S/C18H30N2O4/c1-14-12-19(7-8-20(14)9-10-22-2)13-17(21)16-11-15(23-3)5-6-18(16)24-4/h5-6,11,14,17,21H,7-10,12-13H2,1-4H3/t14-,17+/m0/s1. The lowest BCUT2D eigenvalue weighted by molar-refractivity contribution is 0.0325. The zero-order valence-corrected chi connectivity index (χ0v) is 15.2. The molecule has 6 nitrogen and oxygen atoms in total. The molecule has 0 radical (unpaired) electrons. The van der Waals surface area contributed by atoms with Gasteiger partial charge in [0, 0.05) is 51.4 Å². The van der Waals surface area contributed by atoms with Crippen LogP contribution in [0.15, 0.2) is 18.2 Å². The van der Waals surface area contributed by atoms with E-state index in [1.54, 1.807) is 21.3 Å². The number of aliphatic hydroxyl groups is 1. The summed E-state index contributed by atoms with van der Waals surface area (Å²) in [5.74, 6) is 1.41. The van der Waals surface area contributed by atoms with Crippen molar-refractivity contribution in [1.82, 2.24) is 9.80 Å². The van der Waals surface area contributed by atoms with Gasteiger partial charge in [-0.05, 0) is 25.1 Å². The van der Waals surface area contributed by atoms with E-state index < -0.39 is 6.10 Å². The molecule has 1 aliphatic rings. The van der Waals surface area contributed by atoms with Gasteiger partial charge < -0.3 is 19.3 Å². The fraction of sp³-hybridized carbons (Fsp3) is 0.667. The Morgan fingerprint density at radius 1 is 1.21 bits per heavy atom. The lowest BCUT2D eigenvalue weighted by atomic mass is 10.1. The summed E-state index contributed by atoms with van der Waals surface area (Å²) in [6, 6.07) is 5.98. The van der Waals surface area contributed by atoms with Crippen molar-refractivity contribution in [2.24, 2.45) is 0 Å². The van der Waals surface area contributed by atoms with Crippen molar-refractivity contribution in [3.8, 4) is 11.5 Å². The van der Waals surface area contributed by atoms with Crippen molar-refractivity contribution < 1.29 is 19.3 Å². The lowest BCUT2D eigenvalue weighted by Gasteiger charge is -2.40. The van der Waals surface area contributed by atoms with Crippen molar-refractivity contribution in [3.63, 3.8) is 0 Å². The highest BCUT2D eigenvalue weighted by Gasteiger charge is 2.26. The molecule has 1 saturated heterocycles. The molecular weight excluding hydrogens is 308 g/mol. The van der Waals surface area contributed by atoms with Gasteiger partial charge in [-0.3, -0.25) is 9.80 Å². The quantitative estimate of drug-likeness (QED) is 0.773. The second kappa shape index (κ2) is 9.22. The highest BCUT2D eigenvalue weighted by molar-refractivity contribution is 5.41. The van der Waals surface area contributed by atoms with Crippen LogP contribution in [0.4, 0.5) is 0 Å². The van der Waals surface area contributed by atoms with Crippen LogP contribution in [-0.4, -0.2) is 81.6 Å². The highest BCUT2D eigenvalue weighted by atomic mass is 16.5. The van der Waals surface area contributed by atoms with Gasteiger partial charge in [-0.15, -0.1) is 0 Å². The van der Waals surface area contributed by atoms with Crippen LogP contribution in [0.25, 0.3) is 0 Å². The molecule has 1 aromatic rings. The van der Waals surface area contributed by atoms with E-state index in [0.717, 1.165) is 44.1 Å². The SMILES string of the molecule is COCCN1CCN(C[C@@H](O)c2cc(OC)ccc2OC)C[C@@H]1C. The van der Waals surface area contributed by atoms with Crippen LogP contribution in [0.5, 0.6) is 11.5 Å². The zero-order valence-electron chi connectivity index (χ0n) is 15.2. The average Bonchev–Trinajstić information content (AvgIpc) is 2.60. The summed E-state index contributed by atoms with van der Waals surface area (Å²) in [5, 5.41) is 10.7. The number of nitrogens with zero attached hydrogens (tertiary/aromatic N) is 2. The average molecular weight is 338 g/mol. The first-order valence-electron chi connectivity index (χ1n) is 8.44. The van der Waals surface area contributed by atoms with Crippen molar-refractivity contribution in [1.29, 1.82) is 0 Å². The Hall–Kier alpha value is -1.34. The van der Waals surface area contributed by atoms with Crippen molar-refractivity contribution in [2.45, 2.75) is 19.1 Å². The van der Waals surface area contributed by atoms with Crippen molar-refractivity contribution >= 4 is 0 Å². The topological polar surface area (TPSA) is 54.4 Å². The summed E-state index contributed by atoms with van der Waals surface area (Å²) in [4.78, 5) is 4.73. The van der Waals surface area contributed by atoms with Gasteiger partial charge in [0.1, 0.15) is 11.5 Å². The highest BCUT2D eigenvalue weighted by Crippen LogP contribution is 2.30. The maximum absolute atomic E-state index is 10.7. The van der Waals surface area contributed by atoms with E-state index in [1.165, 1.54) is 0 Å². The van der Waals surface area contributed by atoms with Crippen molar-refractivity contribution in [3.05, 3.63) is 23.8 Å². The van der Waals surface area contributed by atoms with Crippen LogP contribution < -0.4 is 9.47 Å². The molecule has 1 heterocycles. The Labute approximate surface area is 144 Å².